The van der Waals surface area contributed by atoms with Gasteiger partial charge in [0.25, 0.3) is 5.91 Å². The molecule has 146 valence electrons. The van der Waals surface area contributed by atoms with Crippen LogP contribution in [0.3, 0.4) is 0 Å². The molecular weight excluding hydrogens is 370 g/mol. The summed E-state index contributed by atoms with van der Waals surface area (Å²) in [5, 5.41) is 14.5. The number of rotatable bonds is 5. The van der Waals surface area contributed by atoms with E-state index < -0.39 is 0 Å². The third kappa shape index (κ3) is 3.22. The van der Waals surface area contributed by atoms with E-state index in [0.717, 1.165) is 54.6 Å². The van der Waals surface area contributed by atoms with Gasteiger partial charge >= 0.3 is 0 Å². The molecule has 0 spiro atoms. The molecular formula is C21H25N5OS. The molecule has 7 heteroatoms. The van der Waals surface area contributed by atoms with Crippen LogP contribution in [-0.2, 0) is 19.4 Å². The molecule has 6 nitrogen and oxygen atoms in total. The van der Waals surface area contributed by atoms with Gasteiger partial charge in [-0.3, -0.25) is 4.79 Å². The maximum absolute atomic E-state index is 12.7. The van der Waals surface area contributed by atoms with Crippen molar-refractivity contribution in [1.29, 1.82) is 0 Å². The standard InChI is InChI=1S/C21H25N5OS/c27-21(17-13-28-18-6-2-1-4-15(17)18)24-10-11-26-20-16(5-3-8-23-20)19(25-26)14-7-9-22-12-14/h3,5,8,13-14,22H,1-2,4,6-7,9-12H2,(H,24,27). The van der Waals surface area contributed by atoms with Crippen LogP contribution in [0.25, 0.3) is 11.0 Å². The molecule has 2 aliphatic rings. The predicted octanol–water partition coefficient (Wildman–Crippen LogP) is 2.88. The minimum atomic E-state index is 0.0454. The van der Waals surface area contributed by atoms with E-state index in [0.29, 0.717) is 19.0 Å². The van der Waals surface area contributed by atoms with Gasteiger partial charge in [0, 0.05) is 40.8 Å². The Bertz CT molecular complexity index is 1000. The molecule has 5 rings (SSSR count). The number of thiophene rings is 1. The minimum absolute atomic E-state index is 0.0454. The molecule has 4 heterocycles. The zero-order valence-electron chi connectivity index (χ0n) is 15.9. The Kier molecular flexibility index (Phi) is 4.86. The first-order chi connectivity index (χ1) is 13.8. The van der Waals surface area contributed by atoms with Crippen molar-refractivity contribution in [2.45, 2.75) is 44.6 Å². The van der Waals surface area contributed by atoms with Gasteiger partial charge in [-0.15, -0.1) is 11.3 Å². The molecule has 3 aromatic rings. The Hall–Kier alpha value is -2.25. The van der Waals surface area contributed by atoms with Gasteiger partial charge in [-0.2, -0.15) is 5.10 Å². The van der Waals surface area contributed by atoms with E-state index >= 15 is 0 Å². The summed E-state index contributed by atoms with van der Waals surface area (Å²) in [6.07, 6.45) is 7.51. The average Bonchev–Trinajstić information content (AvgIpc) is 3.46. The summed E-state index contributed by atoms with van der Waals surface area (Å²) in [5.74, 6) is 0.490. The predicted molar refractivity (Wildman–Crippen MR) is 111 cm³/mol. The Labute approximate surface area is 168 Å². The number of hydrogen-bond acceptors (Lipinski definition) is 5. The Morgan fingerprint density at radius 2 is 2.29 bits per heavy atom. The van der Waals surface area contributed by atoms with E-state index in [-0.39, 0.29) is 5.91 Å². The lowest BCUT2D eigenvalue weighted by atomic mass is 9.96. The number of pyridine rings is 1. The average molecular weight is 396 g/mol. The molecule has 0 saturated carbocycles. The fraction of sp³-hybridized carbons (Fsp3) is 0.476. The van der Waals surface area contributed by atoms with Gasteiger partial charge in [0.1, 0.15) is 0 Å². The van der Waals surface area contributed by atoms with E-state index in [1.165, 1.54) is 23.3 Å². The summed E-state index contributed by atoms with van der Waals surface area (Å²) in [5.41, 5.74) is 4.19. The fourth-order valence-corrected chi connectivity index (χ4v) is 5.56. The lowest BCUT2D eigenvalue weighted by Crippen LogP contribution is -2.28. The van der Waals surface area contributed by atoms with Crippen molar-refractivity contribution in [3.05, 3.63) is 45.4 Å². The van der Waals surface area contributed by atoms with Gasteiger partial charge in [-0.25, -0.2) is 9.67 Å². The van der Waals surface area contributed by atoms with Gasteiger partial charge in [0.05, 0.1) is 17.8 Å². The van der Waals surface area contributed by atoms with Gasteiger partial charge in [0.15, 0.2) is 5.65 Å². The fourth-order valence-electron chi connectivity index (χ4n) is 4.43. The van der Waals surface area contributed by atoms with Crippen molar-refractivity contribution < 1.29 is 4.79 Å². The zero-order valence-corrected chi connectivity index (χ0v) is 16.7. The second-order valence-electron chi connectivity index (χ2n) is 7.69. The first kappa shape index (κ1) is 17.8. The van der Waals surface area contributed by atoms with Gasteiger partial charge in [-0.05, 0) is 56.3 Å². The first-order valence-electron chi connectivity index (χ1n) is 10.2. The summed E-state index contributed by atoms with van der Waals surface area (Å²) in [4.78, 5) is 18.6. The van der Waals surface area contributed by atoms with E-state index in [2.05, 4.69) is 21.7 Å². The van der Waals surface area contributed by atoms with Crippen LogP contribution in [-0.4, -0.2) is 40.3 Å². The Morgan fingerprint density at radius 1 is 1.36 bits per heavy atom. The highest BCUT2D eigenvalue weighted by Crippen LogP contribution is 2.30. The molecule has 2 N–H and O–H groups in total. The number of amides is 1. The van der Waals surface area contributed by atoms with Crippen LogP contribution in [0.5, 0.6) is 0 Å². The monoisotopic (exact) mass is 395 g/mol. The number of carbonyl (C=O) groups is 1. The number of carbonyl (C=O) groups excluding carboxylic acids is 1. The summed E-state index contributed by atoms with van der Waals surface area (Å²) in [6, 6.07) is 4.08. The van der Waals surface area contributed by atoms with E-state index in [1.807, 2.05) is 22.3 Å². The number of hydrogen-bond donors (Lipinski definition) is 2. The molecule has 1 atom stereocenters. The summed E-state index contributed by atoms with van der Waals surface area (Å²) >= 11 is 1.74. The van der Waals surface area contributed by atoms with Crippen molar-refractivity contribution in [2.24, 2.45) is 0 Å². The molecule has 28 heavy (non-hydrogen) atoms. The second-order valence-corrected chi connectivity index (χ2v) is 8.65. The zero-order chi connectivity index (χ0) is 18.9. The van der Waals surface area contributed by atoms with Crippen molar-refractivity contribution >= 4 is 28.3 Å². The first-order valence-corrected chi connectivity index (χ1v) is 11.1. The summed E-state index contributed by atoms with van der Waals surface area (Å²) in [7, 11) is 0. The van der Waals surface area contributed by atoms with Gasteiger partial charge in [-0.1, -0.05) is 0 Å². The molecule has 1 amide bonds. The van der Waals surface area contributed by atoms with Gasteiger partial charge < -0.3 is 10.6 Å². The number of nitrogens with zero attached hydrogens (tertiary/aromatic N) is 3. The third-order valence-corrected chi connectivity index (χ3v) is 6.99. The normalized spacial score (nSPS) is 19.1. The summed E-state index contributed by atoms with van der Waals surface area (Å²) in [6.45, 7) is 3.20. The third-order valence-electron chi connectivity index (χ3n) is 5.90. The highest BCUT2D eigenvalue weighted by Gasteiger charge is 2.24. The highest BCUT2D eigenvalue weighted by atomic mass is 32.1. The maximum atomic E-state index is 12.7. The van der Waals surface area contributed by atoms with Crippen molar-refractivity contribution in [2.75, 3.05) is 19.6 Å². The molecule has 0 bridgehead atoms. The number of fused-ring (bicyclic) bond motifs is 2. The number of aryl methyl sites for hydroxylation is 1. The molecule has 0 aromatic carbocycles. The molecule has 1 saturated heterocycles. The van der Waals surface area contributed by atoms with E-state index in [9.17, 15) is 4.79 Å². The van der Waals surface area contributed by atoms with Crippen LogP contribution < -0.4 is 10.6 Å². The van der Waals surface area contributed by atoms with Crippen molar-refractivity contribution in [1.82, 2.24) is 25.4 Å². The number of nitrogens with one attached hydrogen (secondary N) is 2. The molecule has 1 aliphatic heterocycles. The lowest BCUT2D eigenvalue weighted by Gasteiger charge is -2.12. The molecule has 1 aliphatic carbocycles. The minimum Gasteiger partial charge on any atom is -0.350 e. The smallest absolute Gasteiger partial charge is 0.252 e. The largest absolute Gasteiger partial charge is 0.350 e. The highest BCUT2D eigenvalue weighted by molar-refractivity contribution is 7.10. The maximum Gasteiger partial charge on any atom is 0.252 e. The Balaban J connectivity index is 1.30. The van der Waals surface area contributed by atoms with Crippen molar-refractivity contribution in [3.8, 4) is 0 Å². The quantitative estimate of drug-likeness (QED) is 0.697. The van der Waals surface area contributed by atoms with E-state index in [4.69, 9.17) is 5.10 Å². The van der Waals surface area contributed by atoms with E-state index in [1.54, 1.807) is 11.3 Å². The second kappa shape index (κ2) is 7.64. The molecule has 0 radical (unpaired) electrons. The SMILES string of the molecule is O=C(NCCn1nc(C2CCNC2)c2cccnc21)c1csc2c1CCCC2. The summed E-state index contributed by atoms with van der Waals surface area (Å²) < 4.78 is 1.95. The van der Waals surface area contributed by atoms with Crippen molar-refractivity contribution in [3.63, 3.8) is 0 Å². The van der Waals surface area contributed by atoms with Crippen LogP contribution in [0.4, 0.5) is 0 Å². The Morgan fingerprint density at radius 3 is 3.18 bits per heavy atom. The molecule has 1 unspecified atom stereocenters. The van der Waals surface area contributed by atoms with Crippen LogP contribution in [0.2, 0.25) is 0 Å². The van der Waals surface area contributed by atoms with Crippen LogP contribution in [0.1, 0.15) is 51.7 Å². The van der Waals surface area contributed by atoms with Crippen LogP contribution in [0, 0.1) is 0 Å². The lowest BCUT2D eigenvalue weighted by molar-refractivity contribution is 0.0951. The topological polar surface area (TPSA) is 71.8 Å². The van der Waals surface area contributed by atoms with Gasteiger partial charge in [0.2, 0.25) is 0 Å². The molecule has 3 aromatic heterocycles. The van der Waals surface area contributed by atoms with Crippen LogP contribution in [0.15, 0.2) is 23.7 Å². The number of aromatic nitrogens is 3. The molecule has 1 fully saturated rings. The van der Waals surface area contributed by atoms with Crippen LogP contribution >= 0.6 is 11.3 Å².